The highest BCUT2D eigenvalue weighted by Crippen LogP contribution is 2.42. The molecule has 24 heavy (non-hydrogen) atoms. The van der Waals surface area contributed by atoms with Gasteiger partial charge in [-0.3, -0.25) is 4.31 Å². The number of hydrogen-bond acceptors (Lipinski definition) is 7. The third-order valence-electron chi connectivity index (χ3n) is 3.30. The predicted molar refractivity (Wildman–Crippen MR) is 93.8 cm³/mol. The van der Waals surface area contributed by atoms with E-state index in [0.717, 1.165) is 10.6 Å². The first kappa shape index (κ1) is 17.1. The number of fused-ring (bicyclic) bond motifs is 1. The Labute approximate surface area is 151 Å². The highest BCUT2D eigenvalue weighted by molar-refractivity contribution is 9.10. The standard InChI is InChI=1S/C13H12BrClN4O4S/c1-19(24(2,20)21)9-4-11-10(22-6-23-11)3-8(9)17-12-7(14)5-16-13(15)18-12/h3-5H,6H2,1-2H3,(H,16,17,18). The van der Waals surface area contributed by atoms with Gasteiger partial charge in [-0.1, -0.05) is 0 Å². The van der Waals surface area contributed by atoms with E-state index in [0.29, 0.717) is 33.2 Å². The summed E-state index contributed by atoms with van der Waals surface area (Å²) in [6.45, 7) is 0.0733. The number of anilines is 3. The summed E-state index contributed by atoms with van der Waals surface area (Å²) in [6, 6.07) is 3.23. The zero-order chi connectivity index (χ0) is 17.5. The Morgan fingerprint density at radius 3 is 2.67 bits per heavy atom. The van der Waals surface area contributed by atoms with Gasteiger partial charge in [-0.15, -0.1) is 0 Å². The minimum absolute atomic E-state index is 0.0551. The van der Waals surface area contributed by atoms with Crippen molar-refractivity contribution in [2.45, 2.75) is 0 Å². The normalized spacial score (nSPS) is 13.0. The van der Waals surface area contributed by atoms with E-state index in [2.05, 4.69) is 31.2 Å². The number of nitrogens with zero attached hydrogens (tertiary/aromatic N) is 3. The molecule has 128 valence electrons. The predicted octanol–water partition coefficient (Wildman–Crippen LogP) is 2.76. The first-order valence-corrected chi connectivity index (χ1v) is 9.60. The third kappa shape index (κ3) is 3.35. The van der Waals surface area contributed by atoms with Crippen molar-refractivity contribution >= 4 is 54.7 Å². The van der Waals surface area contributed by atoms with Crippen LogP contribution in [0.25, 0.3) is 0 Å². The van der Waals surface area contributed by atoms with Gasteiger partial charge in [-0.05, 0) is 27.5 Å². The number of ether oxygens (including phenoxy) is 2. The average molecular weight is 436 g/mol. The molecule has 1 aliphatic rings. The molecule has 0 amide bonds. The summed E-state index contributed by atoms with van der Waals surface area (Å²) in [6.07, 6.45) is 2.60. The van der Waals surface area contributed by atoms with Crippen molar-refractivity contribution < 1.29 is 17.9 Å². The molecule has 2 heterocycles. The Morgan fingerprint density at radius 1 is 1.33 bits per heavy atom. The SMILES string of the molecule is CN(c1cc2c(cc1Nc1nc(Cl)ncc1Br)OCO2)S(C)(=O)=O. The molecule has 0 saturated carbocycles. The zero-order valence-electron chi connectivity index (χ0n) is 12.6. The summed E-state index contributed by atoms with van der Waals surface area (Å²) in [5.74, 6) is 1.35. The van der Waals surface area contributed by atoms with Gasteiger partial charge in [-0.25, -0.2) is 13.4 Å². The van der Waals surface area contributed by atoms with Crippen molar-refractivity contribution in [1.29, 1.82) is 0 Å². The van der Waals surface area contributed by atoms with Crippen LogP contribution in [0, 0.1) is 0 Å². The number of rotatable bonds is 4. The van der Waals surface area contributed by atoms with Crippen LogP contribution in [0.5, 0.6) is 11.5 Å². The van der Waals surface area contributed by atoms with Crippen LogP contribution in [0.4, 0.5) is 17.2 Å². The lowest BCUT2D eigenvalue weighted by molar-refractivity contribution is 0.174. The molecule has 0 spiro atoms. The number of nitrogens with one attached hydrogen (secondary N) is 1. The van der Waals surface area contributed by atoms with Gasteiger partial charge in [0.15, 0.2) is 11.5 Å². The summed E-state index contributed by atoms with van der Waals surface area (Å²) in [4.78, 5) is 7.93. The van der Waals surface area contributed by atoms with Crippen molar-refractivity contribution in [3.05, 3.63) is 28.1 Å². The Bertz CT molecular complexity index is 909. The molecule has 11 heteroatoms. The maximum absolute atomic E-state index is 11.9. The minimum atomic E-state index is -3.48. The fourth-order valence-corrected chi connectivity index (χ4v) is 2.96. The molecule has 3 rings (SSSR count). The lowest BCUT2D eigenvalue weighted by atomic mass is 10.2. The summed E-state index contributed by atoms with van der Waals surface area (Å²) in [5.41, 5.74) is 0.839. The van der Waals surface area contributed by atoms with Crippen LogP contribution >= 0.6 is 27.5 Å². The van der Waals surface area contributed by atoms with Gasteiger partial charge >= 0.3 is 0 Å². The van der Waals surface area contributed by atoms with Crippen molar-refractivity contribution in [3.8, 4) is 11.5 Å². The number of sulfonamides is 1. The largest absolute Gasteiger partial charge is 0.454 e. The topological polar surface area (TPSA) is 93.7 Å². The van der Waals surface area contributed by atoms with Crippen molar-refractivity contribution in [1.82, 2.24) is 9.97 Å². The van der Waals surface area contributed by atoms with Crippen LogP contribution in [-0.4, -0.2) is 38.5 Å². The molecule has 0 fully saturated rings. The van der Waals surface area contributed by atoms with Gasteiger partial charge in [-0.2, -0.15) is 4.98 Å². The van der Waals surface area contributed by atoms with Crippen LogP contribution in [0.15, 0.2) is 22.8 Å². The van der Waals surface area contributed by atoms with E-state index >= 15 is 0 Å². The lowest BCUT2D eigenvalue weighted by Gasteiger charge is -2.21. The quantitative estimate of drug-likeness (QED) is 0.738. The van der Waals surface area contributed by atoms with Gasteiger partial charge in [0.1, 0.15) is 5.82 Å². The molecule has 1 aromatic carbocycles. The van der Waals surface area contributed by atoms with E-state index in [1.54, 1.807) is 12.1 Å². The molecule has 2 aromatic rings. The van der Waals surface area contributed by atoms with E-state index in [1.807, 2.05) is 0 Å². The molecular formula is C13H12BrClN4O4S. The molecule has 8 nitrogen and oxygen atoms in total. The fraction of sp³-hybridized carbons (Fsp3) is 0.231. The van der Waals surface area contributed by atoms with E-state index < -0.39 is 10.0 Å². The molecular weight excluding hydrogens is 424 g/mol. The second-order valence-electron chi connectivity index (χ2n) is 4.91. The molecule has 1 N–H and O–H groups in total. The molecule has 0 saturated heterocycles. The smallest absolute Gasteiger partial charge is 0.232 e. The fourth-order valence-electron chi connectivity index (χ4n) is 2.03. The van der Waals surface area contributed by atoms with Crippen molar-refractivity contribution in [2.24, 2.45) is 0 Å². The van der Waals surface area contributed by atoms with Gasteiger partial charge in [0, 0.05) is 25.4 Å². The minimum Gasteiger partial charge on any atom is -0.454 e. The third-order valence-corrected chi connectivity index (χ3v) is 5.25. The van der Waals surface area contributed by atoms with Crippen LogP contribution in [0.1, 0.15) is 0 Å². The summed E-state index contributed by atoms with van der Waals surface area (Å²) >= 11 is 9.14. The van der Waals surface area contributed by atoms with Gasteiger partial charge in [0.25, 0.3) is 0 Å². The maximum Gasteiger partial charge on any atom is 0.232 e. The van der Waals surface area contributed by atoms with Gasteiger partial charge < -0.3 is 14.8 Å². The summed E-state index contributed by atoms with van der Waals surface area (Å²) < 4.78 is 36.2. The highest BCUT2D eigenvalue weighted by Gasteiger charge is 2.23. The van der Waals surface area contributed by atoms with E-state index in [-0.39, 0.29) is 12.1 Å². The monoisotopic (exact) mass is 434 g/mol. The molecule has 1 aromatic heterocycles. The van der Waals surface area contributed by atoms with Crippen molar-refractivity contribution in [3.63, 3.8) is 0 Å². The van der Waals surface area contributed by atoms with E-state index in [1.165, 1.54) is 13.2 Å². The molecule has 0 bridgehead atoms. The Balaban J connectivity index is 2.10. The second kappa shape index (κ2) is 6.26. The second-order valence-corrected chi connectivity index (χ2v) is 8.12. The number of aromatic nitrogens is 2. The van der Waals surface area contributed by atoms with E-state index in [9.17, 15) is 8.42 Å². The van der Waals surface area contributed by atoms with Crippen LogP contribution in [-0.2, 0) is 10.0 Å². The summed E-state index contributed by atoms with van der Waals surface area (Å²) in [7, 11) is -2.04. The Kier molecular flexibility index (Phi) is 4.45. The molecule has 1 aliphatic heterocycles. The molecule has 0 atom stereocenters. The Morgan fingerprint density at radius 2 is 2.00 bits per heavy atom. The van der Waals surface area contributed by atoms with Crippen LogP contribution in [0.2, 0.25) is 5.28 Å². The zero-order valence-corrected chi connectivity index (χ0v) is 15.7. The van der Waals surface area contributed by atoms with Crippen LogP contribution in [0.3, 0.4) is 0 Å². The van der Waals surface area contributed by atoms with Crippen molar-refractivity contribution in [2.75, 3.05) is 29.7 Å². The highest BCUT2D eigenvalue weighted by atomic mass is 79.9. The summed E-state index contributed by atoms with van der Waals surface area (Å²) in [5, 5.41) is 3.10. The average Bonchev–Trinajstić information content (AvgIpc) is 2.95. The van der Waals surface area contributed by atoms with Gasteiger partial charge in [0.05, 0.1) is 22.1 Å². The number of hydrogen-bond donors (Lipinski definition) is 1. The molecule has 0 radical (unpaired) electrons. The number of halogens is 2. The Hall–Kier alpha value is -1.78. The number of benzene rings is 1. The molecule has 0 aliphatic carbocycles. The van der Waals surface area contributed by atoms with Gasteiger partial charge in [0.2, 0.25) is 22.1 Å². The lowest BCUT2D eigenvalue weighted by Crippen LogP contribution is -2.25. The first-order chi connectivity index (χ1) is 11.3. The molecule has 0 unspecified atom stereocenters. The maximum atomic E-state index is 11.9. The van der Waals surface area contributed by atoms with Crippen LogP contribution < -0.4 is 19.1 Å². The van der Waals surface area contributed by atoms with E-state index in [4.69, 9.17) is 21.1 Å². The first-order valence-electron chi connectivity index (χ1n) is 6.58.